The molecule has 21 heavy (non-hydrogen) atoms. The van der Waals surface area contributed by atoms with Crippen molar-refractivity contribution in [1.82, 2.24) is 10.2 Å². The van der Waals surface area contributed by atoms with Gasteiger partial charge >= 0.3 is 0 Å². The Morgan fingerprint density at radius 3 is 2.71 bits per heavy atom. The predicted molar refractivity (Wildman–Crippen MR) is 84.0 cm³/mol. The molecule has 2 fully saturated rings. The Morgan fingerprint density at radius 2 is 2.10 bits per heavy atom. The van der Waals surface area contributed by atoms with Gasteiger partial charge in [0, 0.05) is 31.8 Å². The number of likely N-dealkylation sites (tertiary alicyclic amines) is 1. The van der Waals surface area contributed by atoms with Crippen LogP contribution in [-0.2, 0) is 9.53 Å². The molecule has 2 aliphatic heterocycles. The van der Waals surface area contributed by atoms with Gasteiger partial charge in [0.15, 0.2) is 0 Å². The summed E-state index contributed by atoms with van der Waals surface area (Å²) in [4.78, 5) is 14.9. The number of nitrogens with one attached hydrogen (secondary N) is 1. The van der Waals surface area contributed by atoms with Crippen molar-refractivity contribution >= 4 is 5.91 Å². The summed E-state index contributed by atoms with van der Waals surface area (Å²) < 4.78 is 5.30. The van der Waals surface area contributed by atoms with Gasteiger partial charge in [0.2, 0.25) is 5.91 Å². The molecular weight excluding hydrogens is 266 g/mol. The largest absolute Gasteiger partial charge is 0.381 e. The van der Waals surface area contributed by atoms with Crippen LogP contribution in [0.2, 0.25) is 0 Å². The van der Waals surface area contributed by atoms with E-state index >= 15 is 0 Å². The first-order valence-electron chi connectivity index (χ1n) is 8.23. The highest BCUT2D eigenvalue weighted by atomic mass is 16.5. The van der Waals surface area contributed by atoms with Gasteiger partial charge in [-0.15, -0.1) is 0 Å². The van der Waals surface area contributed by atoms with Crippen LogP contribution in [0.5, 0.6) is 0 Å². The molecule has 0 bridgehead atoms. The lowest BCUT2D eigenvalue weighted by molar-refractivity contribution is -0.130. The molecule has 1 atom stereocenters. The van der Waals surface area contributed by atoms with Gasteiger partial charge in [0.1, 0.15) is 0 Å². The maximum Gasteiger partial charge on any atom is 0.240 e. The Kier molecular flexibility index (Phi) is 5.28. The van der Waals surface area contributed by atoms with Crippen LogP contribution in [0.1, 0.15) is 46.5 Å². The zero-order valence-corrected chi connectivity index (χ0v) is 13.8. The van der Waals surface area contributed by atoms with Crippen LogP contribution in [0.3, 0.4) is 0 Å². The van der Waals surface area contributed by atoms with Crippen LogP contribution in [0.25, 0.3) is 0 Å². The number of hydrogen-bond acceptors (Lipinski definition) is 4. The van der Waals surface area contributed by atoms with Gasteiger partial charge in [-0.05, 0) is 52.0 Å². The topological polar surface area (TPSA) is 67.6 Å². The quantitative estimate of drug-likeness (QED) is 0.816. The van der Waals surface area contributed by atoms with Gasteiger partial charge in [-0.3, -0.25) is 9.69 Å². The number of rotatable bonds is 4. The maximum atomic E-state index is 12.4. The van der Waals surface area contributed by atoms with Crippen molar-refractivity contribution < 1.29 is 9.53 Å². The van der Waals surface area contributed by atoms with E-state index in [9.17, 15) is 4.79 Å². The Balaban J connectivity index is 1.87. The number of carbonyl (C=O) groups is 1. The summed E-state index contributed by atoms with van der Waals surface area (Å²) >= 11 is 0. The minimum atomic E-state index is -0.747. The monoisotopic (exact) mass is 297 g/mol. The van der Waals surface area contributed by atoms with Gasteiger partial charge < -0.3 is 15.8 Å². The molecule has 0 aromatic heterocycles. The molecular formula is C16H31N3O2. The number of nitrogens with zero attached hydrogens (tertiary/aromatic N) is 1. The first-order valence-corrected chi connectivity index (χ1v) is 8.23. The highest BCUT2D eigenvalue weighted by molar-refractivity contribution is 5.86. The average molecular weight is 297 g/mol. The van der Waals surface area contributed by atoms with E-state index in [0.717, 1.165) is 19.0 Å². The van der Waals surface area contributed by atoms with E-state index < -0.39 is 5.54 Å². The third-order valence-electron chi connectivity index (χ3n) is 5.03. The van der Waals surface area contributed by atoms with Crippen LogP contribution in [0.15, 0.2) is 0 Å². The van der Waals surface area contributed by atoms with Crippen LogP contribution >= 0.6 is 0 Å². The van der Waals surface area contributed by atoms with Crippen LogP contribution in [0.4, 0.5) is 0 Å². The third kappa shape index (κ3) is 4.18. The van der Waals surface area contributed by atoms with Crippen LogP contribution in [0, 0.1) is 5.92 Å². The molecule has 2 aliphatic rings. The number of piperidine rings is 1. The van der Waals surface area contributed by atoms with Gasteiger partial charge in [-0.25, -0.2) is 0 Å². The first kappa shape index (κ1) is 16.7. The number of carbonyl (C=O) groups excluding carboxylic acids is 1. The SMILES string of the molecule is CC1CCCN(C(C)(C)CNC(=O)C2(N)CCOCC2)C1. The molecule has 0 aliphatic carbocycles. The standard InChI is InChI=1S/C16H31N3O2/c1-13-5-4-8-19(11-13)15(2,3)12-18-14(20)16(17)6-9-21-10-7-16/h13H,4-12,17H2,1-3H3,(H,18,20). The molecule has 1 unspecified atom stereocenters. The van der Waals surface area contributed by atoms with E-state index in [-0.39, 0.29) is 11.4 Å². The number of hydrogen-bond donors (Lipinski definition) is 2. The van der Waals surface area contributed by atoms with Crippen molar-refractivity contribution in [3.8, 4) is 0 Å². The first-order chi connectivity index (χ1) is 9.83. The zero-order chi connectivity index (χ0) is 15.5. The Bertz CT molecular complexity index is 365. The highest BCUT2D eigenvalue weighted by Crippen LogP contribution is 2.24. The van der Waals surface area contributed by atoms with Crippen molar-refractivity contribution in [2.75, 3.05) is 32.8 Å². The molecule has 2 saturated heterocycles. The number of amides is 1. The lowest BCUT2D eigenvalue weighted by atomic mass is 9.89. The lowest BCUT2D eigenvalue weighted by Gasteiger charge is -2.43. The summed E-state index contributed by atoms with van der Waals surface area (Å²) in [5.41, 5.74) is 5.46. The van der Waals surface area contributed by atoms with Gasteiger partial charge in [0.25, 0.3) is 0 Å². The van der Waals surface area contributed by atoms with Gasteiger partial charge in [-0.1, -0.05) is 6.92 Å². The van der Waals surface area contributed by atoms with E-state index in [1.807, 2.05) is 0 Å². The molecule has 5 heteroatoms. The highest BCUT2D eigenvalue weighted by Gasteiger charge is 2.37. The summed E-state index contributed by atoms with van der Waals surface area (Å²) in [5, 5.41) is 3.08. The molecule has 122 valence electrons. The minimum absolute atomic E-state index is 0.0220. The van der Waals surface area contributed by atoms with Crippen molar-refractivity contribution in [3.05, 3.63) is 0 Å². The third-order valence-corrected chi connectivity index (χ3v) is 5.03. The van der Waals surface area contributed by atoms with E-state index in [4.69, 9.17) is 10.5 Å². The van der Waals surface area contributed by atoms with E-state index in [1.165, 1.54) is 12.8 Å². The fourth-order valence-electron chi connectivity index (χ4n) is 3.29. The van der Waals surface area contributed by atoms with Crippen LogP contribution < -0.4 is 11.1 Å². The molecule has 0 aromatic rings. The Labute approximate surface area is 128 Å². The normalized spacial score (nSPS) is 27.3. The van der Waals surface area contributed by atoms with E-state index in [2.05, 4.69) is 31.0 Å². The second-order valence-electron chi connectivity index (χ2n) is 7.46. The molecule has 1 amide bonds. The second kappa shape index (κ2) is 6.63. The Hall–Kier alpha value is -0.650. The van der Waals surface area contributed by atoms with Gasteiger partial charge in [0.05, 0.1) is 5.54 Å². The van der Waals surface area contributed by atoms with E-state index in [1.54, 1.807) is 0 Å². The van der Waals surface area contributed by atoms with Crippen molar-refractivity contribution in [1.29, 1.82) is 0 Å². The predicted octanol–water partition coefficient (Wildman–Crippen LogP) is 1.12. The van der Waals surface area contributed by atoms with Crippen molar-refractivity contribution in [3.63, 3.8) is 0 Å². The summed E-state index contributed by atoms with van der Waals surface area (Å²) in [6.45, 7) is 10.8. The Morgan fingerprint density at radius 1 is 1.43 bits per heavy atom. The molecule has 5 nitrogen and oxygen atoms in total. The minimum Gasteiger partial charge on any atom is -0.381 e. The second-order valence-corrected chi connectivity index (χ2v) is 7.46. The molecule has 3 N–H and O–H groups in total. The van der Waals surface area contributed by atoms with Crippen LogP contribution in [-0.4, -0.2) is 54.7 Å². The molecule has 2 rings (SSSR count). The number of ether oxygens (including phenoxy) is 1. The fraction of sp³-hybridized carbons (Fsp3) is 0.938. The fourth-order valence-corrected chi connectivity index (χ4v) is 3.29. The molecule has 0 spiro atoms. The smallest absolute Gasteiger partial charge is 0.240 e. The summed E-state index contributed by atoms with van der Waals surface area (Å²) in [5.74, 6) is 0.717. The lowest BCUT2D eigenvalue weighted by Crippen LogP contribution is -2.61. The average Bonchev–Trinajstić information content (AvgIpc) is 2.45. The summed E-state index contributed by atoms with van der Waals surface area (Å²) in [6.07, 6.45) is 3.78. The zero-order valence-electron chi connectivity index (χ0n) is 13.8. The molecule has 0 aromatic carbocycles. The van der Waals surface area contributed by atoms with Crippen molar-refractivity contribution in [2.45, 2.75) is 57.5 Å². The molecule has 0 saturated carbocycles. The summed E-state index contributed by atoms with van der Waals surface area (Å²) in [7, 11) is 0. The maximum absolute atomic E-state index is 12.4. The molecule has 0 radical (unpaired) electrons. The van der Waals surface area contributed by atoms with E-state index in [0.29, 0.717) is 32.6 Å². The summed E-state index contributed by atoms with van der Waals surface area (Å²) in [6, 6.07) is 0. The number of nitrogens with two attached hydrogens (primary N) is 1. The van der Waals surface area contributed by atoms with Crippen molar-refractivity contribution in [2.24, 2.45) is 11.7 Å². The molecule has 2 heterocycles. The van der Waals surface area contributed by atoms with Gasteiger partial charge in [-0.2, -0.15) is 0 Å².